The maximum absolute atomic E-state index is 10.8. The largest absolute Gasteiger partial charge is 0.493 e. The average molecular weight is 405 g/mol. The van der Waals surface area contributed by atoms with E-state index in [9.17, 15) is 4.79 Å². The van der Waals surface area contributed by atoms with E-state index in [1.165, 1.54) is 0 Å². The maximum atomic E-state index is 10.8. The number of carboxylic acids is 1. The number of ether oxygens (including phenoxy) is 2. The van der Waals surface area contributed by atoms with Crippen LogP contribution in [0.4, 0.5) is 0 Å². The lowest BCUT2D eigenvalue weighted by Gasteiger charge is -2.10. The minimum absolute atomic E-state index is 0.120. The Hall–Kier alpha value is -3.72. The van der Waals surface area contributed by atoms with Crippen LogP contribution in [0.5, 0.6) is 11.5 Å². The summed E-state index contributed by atoms with van der Waals surface area (Å²) < 4.78 is 17.0. The van der Waals surface area contributed by atoms with Crippen LogP contribution in [0.1, 0.15) is 23.9 Å². The Bertz CT molecular complexity index is 1030. The smallest absolute Gasteiger partial charge is 0.309 e. The van der Waals surface area contributed by atoms with Crippen molar-refractivity contribution in [1.82, 2.24) is 4.98 Å². The third-order valence-corrected chi connectivity index (χ3v) is 4.54. The number of oxazole rings is 1. The molecule has 1 atom stereocenters. The third-order valence-electron chi connectivity index (χ3n) is 4.54. The van der Waals surface area contributed by atoms with Crippen molar-refractivity contribution in [2.45, 2.75) is 20.3 Å². The molecule has 0 saturated carbocycles. The highest BCUT2D eigenvalue weighted by molar-refractivity contribution is 5.69. The number of aliphatic carboxylic acids is 1. The van der Waals surface area contributed by atoms with E-state index in [1.54, 1.807) is 31.2 Å². The van der Waals surface area contributed by atoms with Crippen molar-refractivity contribution < 1.29 is 23.8 Å². The minimum atomic E-state index is -0.883. The molecule has 0 bridgehead atoms. The lowest BCUT2D eigenvalue weighted by Crippen LogP contribution is -2.17. The van der Waals surface area contributed by atoms with Crippen LogP contribution in [-0.2, 0) is 11.2 Å². The van der Waals surface area contributed by atoms with E-state index in [2.05, 4.69) is 10.9 Å². The van der Waals surface area contributed by atoms with Gasteiger partial charge in [-0.3, -0.25) is 4.79 Å². The fourth-order valence-corrected chi connectivity index (χ4v) is 2.68. The molecule has 0 aliphatic heterocycles. The number of carbonyl (C=O) groups is 1. The average Bonchev–Trinajstić information content (AvgIpc) is 3.13. The molecule has 1 N–H and O–H groups in total. The molecule has 30 heavy (non-hydrogen) atoms. The predicted octanol–water partition coefficient (Wildman–Crippen LogP) is 4.35. The predicted molar refractivity (Wildman–Crippen MR) is 113 cm³/mol. The molecule has 0 saturated heterocycles. The molecule has 6 nitrogen and oxygen atoms in total. The van der Waals surface area contributed by atoms with Gasteiger partial charge in [0.05, 0.1) is 18.2 Å². The van der Waals surface area contributed by atoms with E-state index < -0.39 is 11.9 Å². The molecule has 6 heteroatoms. The molecule has 3 rings (SSSR count). The summed E-state index contributed by atoms with van der Waals surface area (Å²) in [7, 11) is 0. The van der Waals surface area contributed by atoms with E-state index in [-0.39, 0.29) is 6.61 Å². The maximum Gasteiger partial charge on any atom is 0.309 e. The number of carboxylic acid groups (broad SMARTS) is 1. The normalized spacial score (nSPS) is 11.5. The van der Waals surface area contributed by atoms with Gasteiger partial charge in [-0.1, -0.05) is 5.92 Å². The Balaban J connectivity index is 1.52. The molecule has 0 amide bonds. The zero-order chi connectivity index (χ0) is 21.5. The zero-order valence-electron chi connectivity index (χ0n) is 16.9. The van der Waals surface area contributed by atoms with Crippen LogP contribution in [0.15, 0.2) is 52.9 Å². The number of hydrogen-bond donors (Lipinski definition) is 1. The Morgan fingerprint density at radius 1 is 1.13 bits per heavy atom. The standard InChI is InChI=1S/C24H23NO5/c1-4-18-5-7-19(8-6-18)23-25-22(17(3)30-23)13-14-28-20-9-11-21(12-10-20)29-15-16(2)24(26)27/h1,5-12,16H,13-15H2,2-3H3,(H,26,27). The Morgan fingerprint density at radius 3 is 2.37 bits per heavy atom. The molecule has 3 aromatic rings. The molecule has 154 valence electrons. The van der Waals surface area contributed by atoms with Gasteiger partial charge in [-0.15, -0.1) is 6.42 Å². The first-order valence-electron chi connectivity index (χ1n) is 9.58. The molecule has 2 aromatic carbocycles. The van der Waals surface area contributed by atoms with Gasteiger partial charge in [0.25, 0.3) is 0 Å². The second kappa shape index (κ2) is 9.66. The van der Waals surface area contributed by atoms with Crippen molar-refractivity contribution in [2.75, 3.05) is 13.2 Å². The Kier molecular flexibility index (Phi) is 6.76. The summed E-state index contributed by atoms with van der Waals surface area (Å²) in [4.78, 5) is 15.4. The van der Waals surface area contributed by atoms with Crippen molar-refractivity contribution in [1.29, 1.82) is 0 Å². The zero-order valence-corrected chi connectivity index (χ0v) is 16.9. The first kappa shape index (κ1) is 21.0. The summed E-state index contributed by atoms with van der Waals surface area (Å²) in [5.74, 6) is 3.75. The van der Waals surface area contributed by atoms with Crippen molar-refractivity contribution in [2.24, 2.45) is 5.92 Å². The molecule has 1 heterocycles. The molecule has 0 aliphatic carbocycles. The van der Waals surface area contributed by atoms with Gasteiger partial charge in [-0.25, -0.2) is 4.98 Å². The van der Waals surface area contributed by atoms with E-state index in [1.807, 2.05) is 31.2 Å². The van der Waals surface area contributed by atoms with Gasteiger partial charge in [0.1, 0.15) is 23.9 Å². The highest BCUT2D eigenvalue weighted by Crippen LogP contribution is 2.23. The van der Waals surface area contributed by atoms with Crippen LogP contribution >= 0.6 is 0 Å². The van der Waals surface area contributed by atoms with E-state index in [0.717, 1.165) is 22.6 Å². The van der Waals surface area contributed by atoms with Crippen LogP contribution in [0.25, 0.3) is 11.5 Å². The van der Waals surface area contributed by atoms with E-state index >= 15 is 0 Å². The van der Waals surface area contributed by atoms with Gasteiger partial charge in [-0.05, 0) is 62.4 Å². The van der Waals surface area contributed by atoms with Gasteiger partial charge >= 0.3 is 5.97 Å². The highest BCUT2D eigenvalue weighted by atomic mass is 16.5. The number of benzene rings is 2. The Morgan fingerprint density at radius 2 is 1.77 bits per heavy atom. The van der Waals surface area contributed by atoms with Crippen molar-refractivity contribution in [3.05, 3.63) is 65.5 Å². The molecule has 0 radical (unpaired) electrons. The summed E-state index contributed by atoms with van der Waals surface area (Å²) in [6.45, 7) is 4.04. The summed E-state index contributed by atoms with van der Waals surface area (Å²) in [5, 5.41) is 8.88. The topological polar surface area (TPSA) is 81.8 Å². The van der Waals surface area contributed by atoms with Crippen LogP contribution in [0.2, 0.25) is 0 Å². The quantitative estimate of drug-likeness (QED) is 0.533. The van der Waals surface area contributed by atoms with Gasteiger partial charge in [0.2, 0.25) is 5.89 Å². The molecule has 1 unspecified atom stereocenters. The third kappa shape index (κ3) is 5.42. The van der Waals surface area contributed by atoms with Gasteiger partial charge in [-0.2, -0.15) is 0 Å². The first-order chi connectivity index (χ1) is 14.5. The number of hydrogen-bond acceptors (Lipinski definition) is 5. The summed E-state index contributed by atoms with van der Waals surface area (Å²) >= 11 is 0. The number of nitrogens with zero attached hydrogens (tertiary/aromatic N) is 1. The number of terminal acetylenes is 1. The summed E-state index contributed by atoms with van der Waals surface area (Å²) in [6.07, 6.45) is 5.99. The molecular weight excluding hydrogens is 382 g/mol. The molecule has 0 spiro atoms. The summed E-state index contributed by atoms with van der Waals surface area (Å²) in [5.41, 5.74) is 2.52. The van der Waals surface area contributed by atoms with Gasteiger partial charge in [0.15, 0.2) is 0 Å². The van der Waals surface area contributed by atoms with Gasteiger partial charge < -0.3 is 19.0 Å². The summed E-state index contributed by atoms with van der Waals surface area (Å²) in [6, 6.07) is 14.6. The van der Waals surface area contributed by atoms with E-state index in [0.29, 0.717) is 30.4 Å². The SMILES string of the molecule is C#Cc1ccc(-c2nc(CCOc3ccc(OCC(C)C(=O)O)cc3)c(C)o2)cc1. The monoisotopic (exact) mass is 405 g/mol. The Labute approximate surface area is 175 Å². The van der Waals surface area contributed by atoms with Crippen molar-refractivity contribution >= 4 is 5.97 Å². The molecule has 0 fully saturated rings. The first-order valence-corrected chi connectivity index (χ1v) is 9.58. The lowest BCUT2D eigenvalue weighted by atomic mass is 10.1. The number of rotatable bonds is 9. The van der Waals surface area contributed by atoms with Crippen LogP contribution in [-0.4, -0.2) is 29.3 Å². The van der Waals surface area contributed by atoms with E-state index in [4.69, 9.17) is 25.4 Å². The number of aryl methyl sites for hydroxylation is 1. The van der Waals surface area contributed by atoms with Crippen LogP contribution in [0.3, 0.4) is 0 Å². The van der Waals surface area contributed by atoms with Crippen LogP contribution < -0.4 is 9.47 Å². The highest BCUT2D eigenvalue weighted by Gasteiger charge is 2.13. The second-order valence-electron chi connectivity index (χ2n) is 6.86. The minimum Gasteiger partial charge on any atom is -0.493 e. The fourth-order valence-electron chi connectivity index (χ4n) is 2.68. The molecule has 1 aromatic heterocycles. The lowest BCUT2D eigenvalue weighted by molar-refractivity contribution is -0.142. The van der Waals surface area contributed by atoms with Crippen LogP contribution in [0, 0.1) is 25.2 Å². The second-order valence-corrected chi connectivity index (χ2v) is 6.86. The molecular formula is C24H23NO5. The van der Waals surface area contributed by atoms with Gasteiger partial charge in [0, 0.05) is 17.5 Å². The fraction of sp³-hybridized carbons (Fsp3) is 0.250. The molecule has 0 aliphatic rings. The number of aromatic nitrogens is 1. The van der Waals surface area contributed by atoms with Crippen molar-refractivity contribution in [3.63, 3.8) is 0 Å². The van der Waals surface area contributed by atoms with Crippen molar-refractivity contribution in [3.8, 4) is 35.3 Å².